The number of esters is 1. The van der Waals surface area contributed by atoms with Gasteiger partial charge in [-0.25, -0.2) is 9.59 Å². The molecule has 0 aliphatic carbocycles. The molecule has 2 heterocycles. The second-order valence-corrected chi connectivity index (χ2v) is 6.47. The number of piperidine rings is 1. The Morgan fingerprint density at radius 1 is 1.12 bits per heavy atom. The van der Waals surface area contributed by atoms with Gasteiger partial charge in [-0.3, -0.25) is 0 Å². The number of carbonyl (C=O) groups excluding carboxylic acids is 2. The first-order chi connectivity index (χ1) is 11.6. The van der Waals surface area contributed by atoms with Crippen molar-refractivity contribution in [2.75, 3.05) is 32.1 Å². The van der Waals surface area contributed by atoms with Crippen molar-refractivity contribution in [3.05, 3.63) is 29.8 Å². The molecule has 1 N–H and O–H groups in total. The minimum absolute atomic E-state index is 0.00279. The third-order valence-electron chi connectivity index (χ3n) is 4.95. The van der Waals surface area contributed by atoms with Gasteiger partial charge >= 0.3 is 12.0 Å². The first kappa shape index (κ1) is 16.8. The van der Waals surface area contributed by atoms with Crippen molar-refractivity contribution in [3.8, 4) is 0 Å². The highest BCUT2D eigenvalue weighted by atomic mass is 16.5. The molecule has 0 aromatic heterocycles. The Labute approximate surface area is 142 Å². The Balaban J connectivity index is 1.53. The van der Waals surface area contributed by atoms with Crippen molar-refractivity contribution in [3.63, 3.8) is 0 Å². The molecular weight excluding hydrogens is 308 g/mol. The molecule has 0 radical (unpaired) electrons. The van der Waals surface area contributed by atoms with Crippen molar-refractivity contribution in [2.45, 2.75) is 37.7 Å². The van der Waals surface area contributed by atoms with Crippen molar-refractivity contribution < 1.29 is 19.1 Å². The maximum atomic E-state index is 12.4. The summed E-state index contributed by atoms with van der Waals surface area (Å²) >= 11 is 0. The lowest BCUT2D eigenvalue weighted by molar-refractivity contribution is -0.106. The fourth-order valence-corrected chi connectivity index (χ4v) is 3.43. The molecule has 0 atom stereocenters. The molecule has 2 aliphatic heterocycles. The molecule has 2 amide bonds. The third kappa shape index (κ3) is 3.70. The van der Waals surface area contributed by atoms with Gasteiger partial charge in [0, 0.05) is 25.4 Å². The molecule has 2 aliphatic rings. The molecule has 6 heteroatoms. The average molecular weight is 332 g/mol. The maximum Gasteiger partial charge on any atom is 0.337 e. The Morgan fingerprint density at radius 3 is 2.42 bits per heavy atom. The molecule has 1 spiro atoms. The fourth-order valence-electron chi connectivity index (χ4n) is 3.43. The molecule has 3 rings (SSSR count). The van der Waals surface area contributed by atoms with Crippen molar-refractivity contribution in [1.29, 1.82) is 0 Å². The summed E-state index contributed by atoms with van der Waals surface area (Å²) in [6.07, 6.45) is 5.28. The second kappa shape index (κ2) is 7.21. The number of methoxy groups -OCH3 is 1. The van der Waals surface area contributed by atoms with Crippen LogP contribution >= 0.6 is 0 Å². The van der Waals surface area contributed by atoms with Crippen LogP contribution in [0.15, 0.2) is 24.3 Å². The maximum absolute atomic E-state index is 12.4. The van der Waals surface area contributed by atoms with E-state index >= 15 is 0 Å². The summed E-state index contributed by atoms with van der Waals surface area (Å²) in [6, 6.07) is 6.59. The van der Waals surface area contributed by atoms with Gasteiger partial charge in [-0.2, -0.15) is 0 Å². The predicted octanol–water partition coefficient (Wildman–Crippen LogP) is 3.04. The van der Waals surface area contributed by atoms with Gasteiger partial charge in [-0.05, 0) is 56.4 Å². The molecule has 2 saturated heterocycles. The zero-order valence-corrected chi connectivity index (χ0v) is 14.0. The minimum Gasteiger partial charge on any atom is -0.465 e. The molecule has 2 fully saturated rings. The summed E-state index contributed by atoms with van der Waals surface area (Å²) in [7, 11) is 1.34. The lowest BCUT2D eigenvalue weighted by atomic mass is 9.84. The van der Waals surface area contributed by atoms with Crippen LogP contribution in [-0.4, -0.2) is 49.3 Å². The van der Waals surface area contributed by atoms with E-state index in [9.17, 15) is 9.59 Å². The van der Waals surface area contributed by atoms with Crippen LogP contribution in [0.25, 0.3) is 0 Å². The molecule has 0 bridgehead atoms. The highest BCUT2D eigenvalue weighted by molar-refractivity contribution is 5.92. The van der Waals surface area contributed by atoms with E-state index in [1.165, 1.54) is 13.5 Å². The highest BCUT2D eigenvalue weighted by Gasteiger charge is 2.37. The first-order valence-corrected chi connectivity index (χ1v) is 8.50. The molecule has 1 aromatic carbocycles. The molecule has 0 unspecified atom stereocenters. The summed E-state index contributed by atoms with van der Waals surface area (Å²) in [6.45, 7) is 2.27. The van der Waals surface area contributed by atoms with E-state index < -0.39 is 0 Å². The summed E-state index contributed by atoms with van der Waals surface area (Å²) in [4.78, 5) is 25.6. The number of carbonyl (C=O) groups is 2. The van der Waals surface area contributed by atoms with E-state index in [4.69, 9.17) is 4.74 Å². The number of hydrogen-bond acceptors (Lipinski definition) is 4. The van der Waals surface area contributed by atoms with Crippen LogP contribution in [0, 0.1) is 0 Å². The van der Waals surface area contributed by atoms with Crippen LogP contribution in [0.5, 0.6) is 0 Å². The SMILES string of the molecule is COC(=O)c1ccc(NC(=O)N2CCC3(CCCCO3)CC2)cc1. The number of amides is 2. The Hall–Kier alpha value is -2.08. The standard InChI is InChI=1S/C18H24N2O4/c1-23-16(21)14-4-6-15(7-5-14)19-17(22)20-11-9-18(10-12-20)8-2-3-13-24-18/h4-7H,2-3,8-13H2,1H3,(H,19,22). The van der Waals surface area contributed by atoms with E-state index in [2.05, 4.69) is 10.1 Å². The number of benzene rings is 1. The number of urea groups is 1. The molecule has 6 nitrogen and oxygen atoms in total. The number of hydrogen-bond donors (Lipinski definition) is 1. The van der Waals surface area contributed by atoms with Crippen LogP contribution < -0.4 is 5.32 Å². The van der Waals surface area contributed by atoms with Crippen LogP contribution in [-0.2, 0) is 9.47 Å². The predicted molar refractivity (Wildman–Crippen MR) is 90.1 cm³/mol. The zero-order chi connectivity index (χ0) is 17.0. The summed E-state index contributed by atoms with van der Waals surface area (Å²) < 4.78 is 10.7. The van der Waals surface area contributed by atoms with Crippen molar-refractivity contribution in [2.24, 2.45) is 0 Å². The normalized spacial score (nSPS) is 19.8. The Kier molecular flexibility index (Phi) is 5.04. The van der Waals surface area contributed by atoms with E-state index in [0.717, 1.165) is 32.3 Å². The van der Waals surface area contributed by atoms with E-state index in [0.29, 0.717) is 24.3 Å². The Bertz CT molecular complexity index is 584. The molecule has 24 heavy (non-hydrogen) atoms. The first-order valence-electron chi connectivity index (χ1n) is 8.50. The largest absolute Gasteiger partial charge is 0.465 e. The Morgan fingerprint density at radius 2 is 1.83 bits per heavy atom. The molecule has 130 valence electrons. The van der Waals surface area contributed by atoms with Gasteiger partial charge < -0.3 is 19.7 Å². The monoisotopic (exact) mass is 332 g/mol. The number of rotatable bonds is 2. The molecular formula is C18H24N2O4. The molecule has 0 saturated carbocycles. The second-order valence-electron chi connectivity index (χ2n) is 6.47. The minimum atomic E-state index is -0.387. The van der Waals surface area contributed by atoms with Gasteiger partial charge in [0.25, 0.3) is 0 Å². The number of ether oxygens (including phenoxy) is 2. The smallest absolute Gasteiger partial charge is 0.337 e. The van der Waals surface area contributed by atoms with Gasteiger partial charge in [0.2, 0.25) is 0 Å². The topological polar surface area (TPSA) is 67.9 Å². The fraction of sp³-hybridized carbons (Fsp3) is 0.556. The summed E-state index contributed by atoms with van der Waals surface area (Å²) in [5.41, 5.74) is 1.13. The van der Waals surface area contributed by atoms with E-state index in [1.807, 2.05) is 4.90 Å². The van der Waals surface area contributed by atoms with Crippen molar-refractivity contribution >= 4 is 17.7 Å². The highest BCUT2D eigenvalue weighted by Crippen LogP contribution is 2.34. The van der Waals surface area contributed by atoms with Crippen LogP contribution in [0.3, 0.4) is 0 Å². The average Bonchev–Trinajstić information content (AvgIpc) is 2.63. The van der Waals surface area contributed by atoms with Gasteiger partial charge in [0.1, 0.15) is 0 Å². The molecule has 1 aromatic rings. The number of nitrogens with one attached hydrogen (secondary N) is 1. The third-order valence-corrected chi connectivity index (χ3v) is 4.95. The summed E-state index contributed by atoms with van der Waals surface area (Å²) in [5.74, 6) is -0.387. The van der Waals surface area contributed by atoms with Crippen molar-refractivity contribution in [1.82, 2.24) is 4.90 Å². The van der Waals surface area contributed by atoms with Crippen LogP contribution in [0.2, 0.25) is 0 Å². The van der Waals surface area contributed by atoms with Gasteiger partial charge in [-0.15, -0.1) is 0 Å². The lowest BCUT2D eigenvalue weighted by Crippen LogP contribution is -2.50. The van der Waals surface area contributed by atoms with Crippen LogP contribution in [0.4, 0.5) is 10.5 Å². The van der Waals surface area contributed by atoms with Gasteiger partial charge in [0.05, 0.1) is 18.3 Å². The van der Waals surface area contributed by atoms with E-state index in [1.54, 1.807) is 24.3 Å². The van der Waals surface area contributed by atoms with Crippen LogP contribution in [0.1, 0.15) is 42.5 Å². The van der Waals surface area contributed by atoms with Gasteiger partial charge in [-0.1, -0.05) is 0 Å². The number of likely N-dealkylation sites (tertiary alicyclic amines) is 1. The quantitative estimate of drug-likeness (QED) is 0.845. The number of anilines is 1. The van der Waals surface area contributed by atoms with E-state index in [-0.39, 0.29) is 17.6 Å². The lowest BCUT2D eigenvalue weighted by Gasteiger charge is -2.43. The number of nitrogens with zero attached hydrogens (tertiary/aromatic N) is 1. The van der Waals surface area contributed by atoms with Gasteiger partial charge in [0.15, 0.2) is 0 Å². The zero-order valence-electron chi connectivity index (χ0n) is 14.0. The summed E-state index contributed by atoms with van der Waals surface area (Å²) in [5, 5.41) is 2.88.